The molecule has 0 saturated carbocycles. The predicted octanol–water partition coefficient (Wildman–Crippen LogP) is 3.92. The summed E-state index contributed by atoms with van der Waals surface area (Å²) in [5.74, 6) is 0.717. The molecule has 3 heterocycles. The number of fused-ring (bicyclic) bond motifs is 1. The van der Waals surface area contributed by atoms with Crippen molar-refractivity contribution >= 4 is 29.0 Å². The smallest absolute Gasteiger partial charge is 0.277 e. The van der Waals surface area contributed by atoms with Gasteiger partial charge in [-0.25, -0.2) is 9.97 Å². The summed E-state index contributed by atoms with van der Waals surface area (Å²) in [4.78, 5) is 23.4. The first-order chi connectivity index (χ1) is 12.1. The molecule has 0 aliphatic heterocycles. The van der Waals surface area contributed by atoms with Crippen LogP contribution >= 0.6 is 11.6 Å². The van der Waals surface area contributed by atoms with Gasteiger partial charge in [0.25, 0.3) is 5.91 Å². The maximum absolute atomic E-state index is 13.2. The highest BCUT2D eigenvalue weighted by Crippen LogP contribution is 2.27. The van der Waals surface area contributed by atoms with Crippen LogP contribution in [0.25, 0.3) is 17.2 Å². The van der Waals surface area contributed by atoms with E-state index in [0.29, 0.717) is 27.9 Å². The van der Waals surface area contributed by atoms with Gasteiger partial charge in [-0.3, -0.25) is 9.20 Å². The summed E-state index contributed by atoms with van der Waals surface area (Å²) in [6.45, 7) is 0. The van der Waals surface area contributed by atoms with Gasteiger partial charge in [0.05, 0.1) is 6.26 Å². The Morgan fingerprint density at radius 1 is 1.20 bits per heavy atom. The van der Waals surface area contributed by atoms with Crippen LogP contribution in [-0.2, 0) is 0 Å². The third kappa shape index (κ3) is 2.66. The van der Waals surface area contributed by atoms with Crippen molar-refractivity contribution in [2.24, 2.45) is 0 Å². The van der Waals surface area contributed by atoms with Gasteiger partial charge in [0, 0.05) is 30.2 Å². The lowest BCUT2D eigenvalue weighted by molar-refractivity contribution is 0.0988. The quantitative estimate of drug-likeness (QED) is 0.560. The van der Waals surface area contributed by atoms with Crippen LogP contribution in [0.5, 0.6) is 0 Å². The molecule has 0 bridgehead atoms. The molecule has 0 N–H and O–H groups in total. The van der Waals surface area contributed by atoms with Gasteiger partial charge in [0.1, 0.15) is 11.4 Å². The number of imidazole rings is 1. The number of hydrogen-bond acceptors (Lipinski definition) is 4. The lowest BCUT2D eigenvalue weighted by Crippen LogP contribution is -2.27. The molecule has 1 aromatic carbocycles. The van der Waals surface area contributed by atoms with E-state index in [4.69, 9.17) is 16.0 Å². The molecule has 4 aromatic rings. The zero-order chi connectivity index (χ0) is 17.4. The van der Waals surface area contributed by atoms with Crippen LogP contribution in [0.3, 0.4) is 0 Å². The second-order valence-corrected chi connectivity index (χ2v) is 5.85. The van der Waals surface area contributed by atoms with E-state index < -0.39 is 0 Å². The summed E-state index contributed by atoms with van der Waals surface area (Å²) in [5, 5.41) is 0.611. The first-order valence-electron chi connectivity index (χ1n) is 7.56. The molecule has 0 radical (unpaired) electrons. The first-order valence-corrected chi connectivity index (χ1v) is 7.93. The van der Waals surface area contributed by atoms with E-state index in [1.165, 1.54) is 0 Å². The molecule has 6 nitrogen and oxygen atoms in total. The molecule has 0 fully saturated rings. The van der Waals surface area contributed by atoms with E-state index in [1.54, 1.807) is 77.5 Å². The van der Waals surface area contributed by atoms with Gasteiger partial charge >= 0.3 is 0 Å². The lowest BCUT2D eigenvalue weighted by Gasteiger charge is -2.17. The monoisotopic (exact) mass is 352 g/mol. The molecule has 0 atom stereocenters. The average Bonchev–Trinajstić information content (AvgIpc) is 3.28. The molecule has 0 unspecified atom stereocenters. The standard InChI is InChI=1S/C18H13ClN4O2/c1-22(13-7-5-12(19)6-8-13)17(24)16-15(14-4-2-11-25-14)21-18-20-9-3-10-23(16)18/h2-11H,1H3. The highest BCUT2D eigenvalue weighted by Gasteiger charge is 2.25. The summed E-state index contributed by atoms with van der Waals surface area (Å²) in [6.07, 6.45) is 4.93. The molecule has 1 amide bonds. The molecule has 0 spiro atoms. The Bertz CT molecular complexity index is 1040. The lowest BCUT2D eigenvalue weighted by atomic mass is 10.2. The van der Waals surface area contributed by atoms with E-state index in [1.807, 2.05) is 0 Å². The molecule has 4 rings (SSSR count). The SMILES string of the molecule is CN(C(=O)c1c(-c2ccco2)nc2ncccn12)c1ccc(Cl)cc1. The number of hydrogen-bond donors (Lipinski definition) is 0. The van der Waals surface area contributed by atoms with Crippen molar-refractivity contribution in [2.45, 2.75) is 0 Å². The van der Waals surface area contributed by atoms with Crippen molar-refractivity contribution in [1.29, 1.82) is 0 Å². The topological polar surface area (TPSA) is 63.6 Å². The van der Waals surface area contributed by atoms with E-state index >= 15 is 0 Å². The van der Waals surface area contributed by atoms with E-state index in [-0.39, 0.29) is 5.91 Å². The first kappa shape index (κ1) is 15.4. The Morgan fingerprint density at radius 3 is 2.72 bits per heavy atom. The maximum atomic E-state index is 13.2. The van der Waals surface area contributed by atoms with Crippen molar-refractivity contribution in [3.63, 3.8) is 0 Å². The molecule has 0 saturated heterocycles. The van der Waals surface area contributed by atoms with Crippen LogP contribution in [0.15, 0.2) is 65.5 Å². The number of aromatic nitrogens is 3. The van der Waals surface area contributed by atoms with Crippen molar-refractivity contribution in [3.05, 3.63) is 71.8 Å². The summed E-state index contributed by atoms with van der Waals surface area (Å²) in [5.41, 5.74) is 1.56. The van der Waals surface area contributed by atoms with E-state index in [9.17, 15) is 4.79 Å². The molecule has 124 valence electrons. The predicted molar refractivity (Wildman–Crippen MR) is 94.9 cm³/mol. The van der Waals surface area contributed by atoms with Crippen LogP contribution in [0, 0.1) is 0 Å². The Balaban J connectivity index is 1.86. The van der Waals surface area contributed by atoms with Crippen LogP contribution in [0.1, 0.15) is 10.5 Å². The number of carbonyl (C=O) groups is 1. The summed E-state index contributed by atoms with van der Waals surface area (Å²) >= 11 is 5.93. The van der Waals surface area contributed by atoms with Crippen molar-refractivity contribution in [2.75, 3.05) is 11.9 Å². The number of rotatable bonds is 3. The number of amides is 1. The Morgan fingerprint density at radius 2 is 2.00 bits per heavy atom. The summed E-state index contributed by atoms with van der Waals surface area (Å²) < 4.78 is 7.11. The second kappa shape index (κ2) is 6.07. The fourth-order valence-electron chi connectivity index (χ4n) is 2.62. The maximum Gasteiger partial charge on any atom is 0.277 e. The minimum atomic E-state index is -0.228. The van der Waals surface area contributed by atoms with Gasteiger partial charge < -0.3 is 9.32 Å². The number of halogens is 1. The number of anilines is 1. The molecule has 3 aromatic heterocycles. The van der Waals surface area contributed by atoms with Crippen molar-refractivity contribution < 1.29 is 9.21 Å². The van der Waals surface area contributed by atoms with Gasteiger partial charge in [0.2, 0.25) is 5.78 Å². The fraction of sp³-hybridized carbons (Fsp3) is 0.0556. The minimum Gasteiger partial charge on any atom is -0.463 e. The van der Waals surface area contributed by atoms with Gasteiger partial charge in [-0.15, -0.1) is 0 Å². The van der Waals surface area contributed by atoms with Crippen molar-refractivity contribution in [1.82, 2.24) is 14.4 Å². The second-order valence-electron chi connectivity index (χ2n) is 5.42. The molecule has 7 heteroatoms. The third-order valence-electron chi connectivity index (χ3n) is 3.88. The summed E-state index contributed by atoms with van der Waals surface area (Å²) in [7, 11) is 1.70. The largest absolute Gasteiger partial charge is 0.463 e. The Labute approximate surface area is 148 Å². The fourth-order valence-corrected chi connectivity index (χ4v) is 2.74. The molecule has 0 aliphatic carbocycles. The van der Waals surface area contributed by atoms with Gasteiger partial charge in [0.15, 0.2) is 5.76 Å². The number of nitrogens with zero attached hydrogens (tertiary/aromatic N) is 4. The van der Waals surface area contributed by atoms with Gasteiger partial charge in [-0.05, 0) is 42.5 Å². The highest BCUT2D eigenvalue weighted by molar-refractivity contribution is 6.30. The van der Waals surface area contributed by atoms with Gasteiger partial charge in [-0.2, -0.15) is 0 Å². The number of furan rings is 1. The molecule has 0 aliphatic rings. The third-order valence-corrected chi connectivity index (χ3v) is 4.13. The van der Waals surface area contributed by atoms with Crippen LogP contribution in [0.2, 0.25) is 5.02 Å². The number of carbonyl (C=O) groups excluding carboxylic acids is 1. The zero-order valence-corrected chi connectivity index (χ0v) is 14.0. The molecule has 25 heavy (non-hydrogen) atoms. The van der Waals surface area contributed by atoms with Gasteiger partial charge in [-0.1, -0.05) is 11.6 Å². The Kier molecular flexibility index (Phi) is 3.74. The average molecular weight is 353 g/mol. The number of benzene rings is 1. The van der Waals surface area contributed by atoms with E-state index in [2.05, 4.69) is 9.97 Å². The Hall–Kier alpha value is -3.12. The van der Waals surface area contributed by atoms with Crippen LogP contribution in [-0.4, -0.2) is 27.3 Å². The van der Waals surface area contributed by atoms with E-state index in [0.717, 1.165) is 5.69 Å². The highest BCUT2D eigenvalue weighted by atomic mass is 35.5. The molecular weight excluding hydrogens is 340 g/mol. The zero-order valence-electron chi connectivity index (χ0n) is 13.3. The summed E-state index contributed by atoms with van der Waals surface area (Å²) in [6, 6.07) is 12.3. The minimum absolute atomic E-state index is 0.228. The van der Waals surface area contributed by atoms with Crippen LogP contribution < -0.4 is 4.90 Å². The van der Waals surface area contributed by atoms with Crippen LogP contribution in [0.4, 0.5) is 5.69 Å². The molecular formula is C18H13ClN4O2. The normalized spacial score (nSPS) is 11.0. The van der Waals surface area contributed by atoms with Crippen molar-refractivity contribution in [3.8, 4) is 11.5 Å².